The first-order valence-electron chi connectivity index (χ1n) is 7.53. The number of aromatic nitrogens is 1. The predicted octanol–water partition coefficient (Wildman–Crippen LogP) is 1.47. The van der Waals surface area contributed by atoms with Crippen molar-refractivity contribution in [2.75, 3.05) is 11.9 Å². The predicted molar refractivity (Wildman–Crippen MR) is 83.7 cm³/mol. The molecular weight excluding hydrogens is 310 g/mol. The van der Waals surface area contributed by atoms with Crippen LogP contribution in [-0.4, -0.2) is 40.3 Å². The van der Waals surface area contributed by atoms with Crippen molar-refractivity contribution in [2.24, 2.45) is 0 Å². The SMILES string of the molecule is O=C1Nc2ncccc2O[C@H]1CCN1C(=O)c2ccccc2C1=O. The van der Waals surface area contributed by atoms with E-state index in [0.717, 1.165) is 4.90 Å². The van der Waals surface area contributed by atoms with Gasteiger partial charge in [-0.1, -0.05) is 12.1 Å². The lowest BCUT2D eigenvalue weighted by molar-refractivity contribution is -0.123. The Kier molecular flexibility index (Phi) is 3.26. The van der Waals surface area contributed by atoms with Crippen molar-refractivity contribution in [1.82, 2.24) is 9.88 Å². The van der Waals surface area contributed by atoms with E-state index < -0.39 is 6.10 Å². The lowest BCUT2D eigenvalue weighted by atomic mass is 10.1. The summed E-state index contributed by atoms with van der Waals surface area (Å²) >= 11 is 0. The van der Waals surface area contributed by atoms with E-state index in [-0.39, 0.29) is 30.7 Å². The van der Waals surface area contributed by atoms with Gasteiger partial charge in [0.05, 0.1) is 11.1 Å². The van der Waals surface area contributed by atoms with Crippen LogP contribution in [0.3, 0.4) is 0 Å². The van der Waals surface area contributed by atoms with Gasteiger partial charge in [-0.25, -0.2) is 4.98 Å². The molecule has 4 rings (SSSR count). The van der Waals surface area contributed by atoms with Gasteiger partial charge in [0, 0.05) is 19.2 Å². The number of carbonyl (C=O) groups is 3. The van der Waals surface area contributed by atoms with Crippen LogP contribution in [0.4, 0.5) is 5.82 Å². The number of pyridine rings is 1. The van der Waals surface area contributed by atoms with Gasteiger partial charge in [-0.3, -0.25) is 19.3 Å². The first-order chi connectivity index (χ1) is 11.6. The molecule has 1 N–H and O–H groups in total. The third kappa shape index (κ3) is 2.21. The number of benzene rings is 1. The molecule has 0 fully saturated rings. The molecule has 0 aliphatic carbocycles. The molecule has 7 nitrogen and oxygen atoms in total. The van der Waals surface area contributed by atoms with Crippen molar-refractivity contribution in [3.05, 3.63) is 53.7 Å². The zero-order valence-electron chi connectivity index (χ0n) is 12.6. The van der Waals surface area contributed by atoms with E-state index in [1.165, 1.54) is 0 Å². The molecule has 7 heteroatoms. The summed E-state index contributed by atoms with van der Waals surface area (Å²) in [4.78, 5) is 41.9. The van der Waals surface area contributed by atoms with Crippen molar-refractivity contribution < 1.29 is 19.1 Å². The average molecular weight is 323 g/mol. The van der Waals surface area contributed by atoms with E-state index in [0.29, 0.717) is 22.7 Å². The molecule has 120 valence electrons. The van der Waals surface area contributed by atoms with Crippen LogP contribution in [0.2, 0.25) is 0 Å². The third-order valence-electron chi connectivity index (χ3n) is 4.07. The van der Waals surface area contributed by atoms with Crippen molar-refractivity contribution in [3.8, 4) is 5.75 Å². The summed E-state index contributed by atoms with van der Waals surface area (Å²) < 4.78 is 5.63. The van der Waals surface area contributed by atoms with Gasteiger partial charge in [0.25, 0.3) is 17.7 Å². The molecule has 1 aromatic carbocycles. The fraction of sp³-hybridized carbons (Fsp3) is 0.176. The Labute approximate surface area is 137 Å². The Morgan fingerprint density at radius 3 is 2.46 bits per heavy atom. The minimum atomic E-state index is -0.772. The molecule has 0 radical (unpaired) electrons. The number of ether oxygens (including phenoxy) is 1. The molecule has 0 spiro atoms. The number of anilines is 1. The number of nitrogens with one attached hydrogen (secondary N) is 1. The molecule has 24 heavy (non-hydrogen) atoms. The topological polar surface area (TPSA) is 88.6 Å². The quantitative estimate of drug-likeness (QED) is 0.864. The fourth-order valence-electron chi connectivity index (χ4n) is 2.86. The van der Waals surface area contributed by atoms with Crippen LogP contribution in [-0.2, 0) is 4.79 Å². The highest BCUT2D eigenvalue weighted by molar-refractivity contribution is 6.21. The molecule has 1 atom stereocenters. The number of rotatable bonds is 3. The molecule has 3 heterocycles. The Morgan fingerprint density at radius 2 is 1.75 bits per heavy atom. The number of hydrogen-bond donors (Lipinski definition) is 1. The van der Waals surface area contributed by atoms with Crippen molar-refractivity contribution in [3.63, 3.8) is 0 Å². The van der Waals surface area contributed by atoms with Crippen LogP contribution >= 0.6 is 0 Å². The Bertz CT molecular complexity index is 829. The maximum absolute atomic E-state index is 12.3. The van der Waals surface area contributed by atoms with E-state index in [1.807, 2.05) is 0 Å². The second-order valence-electron chi connectivity index (χ2n) is 5.54. The molecule has 0 saturated heterocycles. The highest BCUT2D eigenvalue weighted by atomic mass is 16.5. The van der Waals surface area contributed by atoms with Gasteiger partial charge in [0.15, 0.2) is 17.7 Å². The molecule has 3 amide bonds. The number of imide groups is 1. The summed E-state index contributed by atoms with van der Waals surface area (Å²) in [5, 5.41) is 2.66. The Hall–Kier alpha value is -3.22. The maximum Gasteiger partial charge on any atom is 0.266 e. The minimum absolute atomic E-state index is 0.111. The van der Waals surface area contributed by atoms with Crippen LogP contribution in [0.5, 0.6) is 5.75 Å². The highest BCUT2D eigenvalue weighted by Gasteiger charge is 2.36. The van der Waals surface area contributed by atoms with Gasteiger partial charge in [0.1, 0.15) is 0 Å². The summed E-state index contributed by atoms with van der Waals surface area (Å²) in [7, 11) is 0. The van der Waals surface area contributed by atoms with Crippen molar-refractivity contribution >= 4 is 23.5 Å². The summed E-state index contributed by atoms with van der Waals surface area (Å²) in [6.07, 6.45) is 0.999. The van der Waals surface area contributed by atoms with E-state index in [1.54, 1.807) is 42.6 Å². The Morgan fingerprint density at radius 1 is 1.04 bits per heavy atom. The monoisotopic (exact) mass is 323 g/mol. The summed E-state index contributed by atoms with van der Waals surface area (Å²) in [6, 6.07) is 10.1. The highest BCUT2D eigenvalue weighted by Crippen LogP contribution is 2.28. The summed E-state index contributed by atoms with van der Waals surface area (Å²) in [6.45, 7) is 0.111. The standard InChI is InChI=1S/C17H13N3O4/c21-15-13(24-12-6-3-8-18-14(12)19-15)7-9-20-16(22)10-4-1-2-5-11(10)17(20)23/h1-6,8,13H,7,9H2,(H,18,19,21)/t13-/m0/s1. The fourth-order valence-corrected chi connectivity index (χ4v) is 2.86. The molecule has 2 aromatic rings. The van der Waals surface area contributed by atoms with E-state index in [4.69, 9.17) is 4.74 Å². The molecule has 2 aliphatic rings. The van der Waals surface area contributed by atoms with E-state index in [9.17, 15) is 14.4 Å². The van der Waals surface area contributed by atoms with Crippen LogP contribution in [0.25, 0.3) is 0 Å². The number of fused-ring (bicyclic) bond motifs is 2. The number of nitrogens with zero attached hydrogens (tertiary/aromatic N) is 2. The van der Waals surface area contributed by atoms with E-state index in [2.05, 4.69) is 10.3 Å². The molecule has 0 bridgehead atoms. The zero-order chi connectivity index (χ0) is 16.7. The molecular formula is C17H13N3O4. The van der Waals surface area contributed by atoms with Gasteiger partial charge in [-0.05, 0) is 24.3 Å². The van der Waals surface area contributed by atoms with Gasteiger partial charge >= 0.3 is 0 Å². The number of amides is 3. The van der Waals surface area contributed by atoms with Crippen LogP contribution in [0.1, 0.15) is 27.1 Å². The lowest BCUT2D eigenvalue weighted by Gasteiger charge is -2.26. The van der Waals surface area contributed by atoms with Crippen LogP contribution < -0.4 is 10.1 Å². The van der Waals surface area contributed by atoms with Crippen LogP contribution in [0, 0.1) is 0 Å². The van der Waals surface area contributed by atoms with Gasteiger partial charge in [-0.2, -0.15) is 0 Å². The summed E-state index contributed by atoms with van der Waals surface area (Å²) in [5.74, 6) is -0.162. The van der Waals surface area contributed by atoms with Crippen LogP contribution in [0.15, 0.2) is 42.6 Å². The second kappa shape index (κ2) is 5.45. The van der Waals surface area contributed by atoms with Crippen molar-refractivity contribution in [2.45, 2.75) is 12.5 Å². The number of hydrogen-bond acceptors (Lipinski definition) is 5. The lowest BCUT2D eigenvalue weighted by Crippen LogP contribution is -2.41. The minimum Gasteiger partial charge on any atom is -0.477 e. The summed E-state index contributed by atoms with van der Waals surface area (Å²) in [5.41, 5.74) is 0.789. The molecule has 0 saturated carbocycles. The first-order valence-corrected chi connectivity index (χ1v) is 7.53. The van der Waals surface area contributed by atoms with Crippen molar-refractivity contribution in [1.29, 1.82) is 0 Å². The smallest absolute Gasteiger partial charge is 0.266 e. The third-order valence-corrected chi connectivity index (χ3v) is 4.07. The van der Waals surface area contributed by atoms with E-state index >= 15 is 0 Å². The zero-order valence-corrected chi connectivity index (χ0v) is 12.6. The second-order valence-corrected chi connectivity index (χ2v) is 5.54. The molecule has 1 aromatic heterocycles. The molecule has 2 aliphatic heterocycles. The number of carbonyl (C=O) groups excluding carboxylic acids is 3. The van der Waals surface area contributed by atoms with Gasteiger partial charge in [0.2, 0.25) is 0 Å². The van der Waals surface area contributed by atoms with Gasteiger partial charge < -0.3 is 10.1 Å². The van der Waals surface area contributed by atoms with Gasteiger partial charge in [-0.15, -0.1) is 0 Å². The molecule has 0 unspecified atom stereocenters. The first kappa shape index (κ1) is 14.4. The average Bonchev–Trinajstić information content (AvgIpc) is 2.84. The normalized spacial score (nSPS) is 18.8. The Balaban J connectivity index is 1.48. The largest absolute Gasteiger partial charge is 0.477 e. The maximum atomic E-state index is 12.3.